The summed E-state index contributed by atoms with van der Waals surface area (Å²) in [5.74, 6) is -0.575. The number of anilines is 1. The van der Waals surface area contributed by atoms with E-state index in [0.29, 0.717) is 11.3 Å². The third kappa shape index (κ3) is 1.91. The molecule has 1 amide bonds. The lowest BCUT2D eigenvalue weighted by Gasteiger charge is -2.18. The Morgan fingerprint density at radius 2 is 1.79 bits per heavy atom. The first-order valence-electron chi connectivity index (χ1n) is 6.25. The van der Waals surface area contributed by atoms with Crippen molar-refractivity contribution in [3.05, 3.63) is 65.2 Å². The van der Waals surface area contributed by atoms with E-state index in [1.165, 1.54) is 0 Å². The molecule has 0 saturated heterocycles. The van der Waals surface area contributed by atoms with Crippen LogP contribution < -0.4 is 5.32 Å². The first-order valence-corrected chi connectivity index (χ1v) is 6.25. The van der Waals surface area contributed by atoms with Gasteiger partial charge in [-0.2, -0.15) is 0 Å². The Morgan fingerprint density at radius 3 is 2.53 bits per heavy atom. The zero-order valence-electron chi connectivity index (χ0n) is 10.6. The molecule has 0 bridgehead atoms. The summed E-state index contributed by atoms with van der Waals surface area (Å²) in [6.45, 7) is 1.98. The number of fused-ring (bicyclic) bond motifs is 1. The van der Waals surface area contributed by atoms with Crippen LogP contribution in [0.1, 0.15) is 16.7 Å². The minimum atomic E-state index is -1.97. The number of hydrogen-bond acceptors (Lipinski definition) is 1. The molecule has 19 heavy (non-hydrogen) atoms. The highest BCUT2D eigenvalue weighted by Crippen LogP contribution is 2.41. The van der Waals surface area contributed by atoms with Gasteiger partial charge in [-0.15, -0.1) is 0 Å². The van der Waals surface area contributed by atoms with Gasteiger partial charge in [0.25, 0.3) is 5.91 Å². The number of alkyl halides is 1. The third-order valence-corrected chi connectivity index (χ3v) is 3.53. The van der Waals surface area contributed by atoms with Gasteiger partial charge in [-0.25, -0.2) is 4.39 Å². The number of aryl methyl sites for hydroxylation is 1. The fraction of sp³-hybridized carbons (Fsp3) is 0.188. The maximum Gasteiger partial charge on any atom is 0.267 e. The first kappa shape index (κ1) is 11.9. The number of rotatable bonds is 2. The van der Waals surface area contributed by atoms with Crippen LogP contribution in [0.15, 0.2) is 48.5 Å². The van der Waals surface area contributed by atoms with Crippen LogP contribution in [0.4, 0.5) is 10.1 Å². The summed E-state index contributed by atoms with van der Waals surface area (Å²) in [6.07, 6.45) is 0.0656. The average molecular weight is 255 g/mol. The molecule has 0 fully saturated rings. The third-order valence-electron chi connectivity index (χ3n) is 3.53. The number of hydrogen-bond donors (Lipinski definition) is 1. The van der Waals surface area contributed by atoms with Crippen LogP contribution in [-0.4, -0.2) is 5.91 Å². The van der Waals surface area contributed by atoms with Gasteiger partial charge in [0.05, 0.1) is 0 Å². The Morgan fingerprint density at radius 1 is 1.11 bits per heavy atom. The average Bonchev–Trinajstić information content (AvgIpc) is 2.65. The van der Waals surface area contributed by atoms with Crippen LogP contribution in [0, 0.1) is 6.92 Å². The second kappa shape index (κ2) is 4.19. The number of nitrogens with one attached hydrogen (secondary N) is 1. The SMILES string of the molecule is Cc1ccc(C[C@]2(F)C(=O)Nc3ccccc32)cc1. The largest absolute Gasteiger partial charge is 0.323 e. The van der Waals surface area contributed by atoms with Crippen LogP contribution in [0.5, 0.6) is 0 Å². The van der Waals surface area contributed by atoms with Crippen LogP contribution in [0.2, 0.25) is 0 Å². The van der Waals surface area contributed by atoms with Crippen molar-refractivity contribution in [2.45, 2.75) is 19.0 Å². The molecule has 0 spiro atoms. The lowest BCUT2D eigenvalue weighted by Crippen LogP contribution is -2.31. The van der Waals surface area contributed by atoms with E-state index in [2.05, 4.69) is 5.32 Å². The lowest BCUT2D eigenvalue weighted by atomic mass is 9.90. The fourth-order valence-corrected chi connectivity index (χ4v) is 2.44. The Labute approximate surface area is 111 Å². The van der Waals surface area contributed by atoms with Crippen LogP contribution in [0.3, 0.4) is 0 Å². The Kier molecular flexibility index (Phi) is 2.63. The maximum absolute atomic E-state index is 15.1. The molecule has 2 nitrogen and oxygen atoms in total. The van der Waals surface area contributed by atoms with Gasteiger partial charge < -0.3 is 5.32 Å². The molecule has 0 saturated carbocycles. The van der Waals surface area contributed by atoms with E-state index in [1.807, 2.05) is 31.2 Å². The van der Waals surface area contributed by atoms with Crippen molar-refractivity contribution in [2.75, 3.05) is 5.32 Å². The van der Waals surface area contributed by atoms with Crippen molar-refractivity contribution in [1.29, 1.82) is 0 Å². The number of para-hydroxylation sites is 1. The van der Waals surface area contributed by atoms with E-state index in [9.17, 15) is 4.79 Å². The fourth-order valence-electron chi connectivity index (χ4n) is 2.44. The summed E-state index contributed by atoms with van der Waals surface area (Å²) in [4.78, 5) is 11.9. The predicted molar refractivity (Wildman–Crippen MR) is 72.7 cm³/mol. The molecule has 1 heterocycles. The number of benzene rings is 2. The van der Waals surface area contributed by atoms with Crippen LogP contribution in [0.25, 0.3) is 0 Å². The molecular formula is C16H14FNO. The van der Waals surface area contributed by atoms with Crippen molar-refractivity contribution in [2.24, 2.45) is 0 Å². The summed E-state index contributed by atoms with van der Waals surface area (Å²) in [5.41, 5.74) is 0.974. The molecule has 3 rings (SSSR count). The van der Waals surface area contributed by atoms with Gasteiger partial charge in [0, 0.05) is 17.7 Å². The number of amides is 1. The van der Waals surface area contributed by atoms with E-state index in [4.69, 9.17) is 0 Å². The minimum absolute atomic E-state index is 0.0656. The second-order valence-electron chi connectivity index (χ2n) is 4.96. The Bertz CT molecular complexity index is 635. The van der Waals surface area contributed by atoms with E-state index in [1.54, 1.807) is 24.3 Å². The zero-order valence-corrected chi connectivity index (χ0v) is 10.6. The van der Waals surface area contributed by atoms with Gasteiger partial charge in [-0.3, -0.25) is 4.79 Å². The van der Waals surface area contributed by atoms with Crippen molar-refractivity contribution < 1.29 is 9.18 Å². The van der Waals surface area contributed by atoms with Crippen molar-refractivity contribution in [1.82, 2.24) is 0 Å². The zero-order chi connectivity index (χ0) is 13.5. The van der Waals surface area contributed by atoms with Crippen LogP contribution >= 0.6 is 0 Å². The highest BCUT2D eigenvalue weighted by Gasteiger charge is 2.47. The number of carbonyl (C=O) groups excluding carboxylic acids is 1. The molecule has 1 atom stereocenters. The molecule has 0 unspecified atom stereocenters. The van der Waals surface area contributed by atoms with Crippen molar-refractivity contribution in [3.63, 3.8) is 0 Å². The molecule has 2 aromatic rings. The molecule has 1 aliphatic heterocycles. The monoisotopic (exact) mass is 255 g/mol. The van der Waals surface area contributed by atoms with Gasteiger partial charge in [0.1, 0.15) is 0 Å². The standard InChI is InChI=1S/C16H14FNO/c1-11-6-8-12(9-7-11)10-16(17)13-4-2-3-5-14(13)18-15(16)19/h2-9H,10H2,1H3,(H,18,19)/t16-/m1/s1. The number of carbonyl (C=O) groups is 1. The Balaban J connectivity index is 1.99. The molecule has 3 heteroatoms. The predicted octanol–water partition coefficient (Wildman–Crippen LogP) is 3.35. The summed E-state index contributed by atoms with van der Waals surface area (Å²) < 4.78 is 15.1. The molecule has 0 aromatic heterocycles. The van der Waals surface area contributed by atoms with Gasteiger partial charge in [-0.05, 0) is 18.6 Å². The van der Waals surface area contributed by atoms with Crippen molar-refractivity contribution >= 4 is 11.6 Å². The van der Waals surface area contributed by atoms with E-state index < -0.39 is 11.6 Å². The lowest BCUT2D eigenvalue weighted by molar-refractivity contribution is -0.126. The molecule has 2 aromatic carbocycles. The van der Waals surface area contributed by atoms with Crippen molar-refractivity contribution in [3.8, 4) is 0 Å². The van der Waals surface area contributed by atoms with Gasteiger partial charge in [0.2, 0.25) is 5.67 Å². The van der Waals surface area contributed by atoms with E-state index >= 15 is 4.39 Å². The van der Waals surface area contributed by atoms with Gasteiger partial charge in [-0.1, -0.05) is 48.0 Å². The maximum atomic E-state index is 15.1. The van der Waals surface area contributed by atoms with Gasteiger partial charge >= 0.3 is 0 Å². The summed E-state index contributed by atoms with van der Waals surface area (Å²) in [6, 6.07) is 14.5. The van der Waals surface area contributed by atoms with E-state index in [-0.39, 0.29) is 6.42 Å². The molecule has 0 radical (unpaired) electrons. The molecule has 1 N–H and O–H groups in total. The highest BCUT2D eigenvalue weighted by molar-refractivity contribution is 6.05. The molecule has 96 valence electrons. The summed E-state index contributed by atoms with van der Waals surface area (Å²) in [5, 5.41) is 2.61. The first-order chi connectivity index (χ1) is 9.09. The van der Waals surface area contributed by atoms with E-state index in [0.717, 1.165) is 11.1 Å². The smallest absolute Gasteiger partial charge is 0.267 e. The van der Waals surface area contributed by atoms with Crippen LogP contribution in [-0.2, 0) is 16.9 Å². The quantitative estimate of drug-likeness (QED) is 0.876. The topological polar surface area (TPSA) is 29.1 Å². The Hall–Kier alpha value is -2.16. The molecule has 1 aliphatic rings. The number of halogens is 1. The molecular weight excluding hydrogens is 241 g/mol. The summed E-state index contributed by atoms with van der Waals surface area (Å²) >= 11 is 0. The highest BCUT2D eigenvalue weighted by atomic mass is 19.1. The molecule has 0 aliphatic carbocycles. The van der Waals surface area contributed by atoms with Gasteiger partial charge in [0.15, 0.2) is 0 Å². The second-order valence-corrected chi connectivity index (χ2v) is 4.96. The summed E-state index contributed by atoms with van der Waals surface area (Å²) in [7, 11) is 0. The minimum Gasteiger partial charge on any atom is -0.323 e. The normalized spacial score (nSPS) is 21.1.